The van der Waals surface area contributed by atoms with Crippen LogP contribution in [0, 0.1) is 5.82 Å². The second kappa shape index (κ2) is 10.4. The molecule has 0 saturated carbocycles. The zero-order valence-corrected chi connectivity index (χ0v) is 19.5. The molecule has 2 unspecified atom stereocenters. The number of nitrogens with one attached hydrogen (secondary N) is 2. The summed E-state index contributed by atoms with van der Waals surface area (Å²) in [6.45, 7) is 1.52. The van der Waals surface area contributed by atoms with E-state index in [0.29, 0.717) is 25.7 Å². The zero-order chi connectivity index (χ0) is 22.6. The van der Waals surface area contributed by atoms with Crippen molar-refractivity contribution in [2.45, 2.75) is 57.2 Å². The molecule has 2 aromatic rings. The van der Waals surface area contributed by atoms with Crippen molar-refractivity contribution in [2.24, 2.45) is 0 Å². The van der Waals surface area contributed by atoms with E-state index in [4.69, 9.17) is 0 Å². The average Bonchev–Trinajstić information content (AvgIpc) is 3.27. The smallest absolute Gasteiger partial charge is 0.254 e. The summed E-state index contributed by atoms with van der Waals surface area (Å²) in [6.07, 6.45) is 5.55. The van der Waals surface area contributed by atoms with Gasteiger partial charge in [-0.15, -0.1) is 0 Å². The molecule has 0 amide bonds. The van der Waals surface area contributed by atoms with Gasteiger partial charge in [0.1, 0.15) is 5.82 Å². The number of unbranched alkanes of at least 4 members (excludes halogenated alkanes) is 2. The molecule has 6 nitrogen and oxygen atoms in total. The largest absolute Gasteiger partial charge is 0.282 e. The fraction of sp³-hybridized carbons (Fsp3) is 0.500. The van der Waals surface area contributed by atoms with Crippen LogP contribution in [0.5, 0.6) is 0 Å². The lowest BCUT2D eigenvalue weighted by Crippen LogP contribution is -2.44. The Bertz CT molecular complexity index is 1020. The molecule has 0 aromatic heterocycles. The average molecular weight is 461 g/mol. The summed E-state index contributed by atoms with van der Waals surface area (Å²) in [5, 5.41) is 0. The molecule has 32 heavy (non-hydrogen) atoms. The molecule has 2 aliphatic heterocycles. The van der Waals surface area contributed by atoms with E-state index < -0.39 is 10.2 Å². The van der Waals surface area contributed by atoms with Crippen molar-refractivity contribution in [1.29, 1.82) is 0 Å². The molecule has 2 aliphatic rings. The molecule has 2 aromatic carbocycles. The van der Waals surface area contributed by atoms with Crippen molar-refractivity contribution >= 4 is 10.2 Å². The SMILES string of the molecule is CN(CCCCCC1CC(c2cccc(F)c2)NN1)S(=O)(=O)N1CCc2ccccc2C1. The molecule has 2 heterocycles. The lowest BCUT2D eigenvalue weighted by molar-refractivity contribution is 0.340. The summed E-state index contributed by atoms with van der Waals surface area (Å²) in [7, 11) is -1.75. The summed E-state index contributed by atoms with van der Waals surface area (Å²) in [5.74, 6) is -0.208. The van der Waals surface area contributed by atoms with Crippen LogP contribution in [0.3, 0.4) is 0 Å². The van der Waals surface area contributed by atoms with Gasteiger partial charge < -0.3 is 0 Å². The predicted octanol–water partition coefficient (Wildman–Crippen LogP) is 3.53. The number of fused-ring (bicyclic) bond motifs is 1. The first-order valence-electron chi connectivity index (χ1n) is 11.5. The first-order chi connectivity index (χ1) is 15.4. The maximum absolute atomic E-state index is 13.4. The number of hydrogen-bond acceptors (Lipinski definition) is 4. The van der Waals surface area contributed by atoms with Gasteiger partial charge in [0.05, 0.1) is 0 Å². The van der Waals surface area contributed by atoms with E-state index in [1.54, 1.807) is 23.5 Å². The number of hydrazine groups is 1. The highest BCUT2D eigenvalue weighted by molar-refractivity contribution is 7.86. The predicted molar refractivity (Wildman–Crippen MR) is 124 cm³/mol. The molecule has 2 N–H and O–H groups in total. The van der Waals surface area contributed by atoms with Gasteiger partial charge in [-0.3, -0.25) is 10.9 Å². The Balaban J connectivity index is 1.17. The summed E-state index contributed by atoms with van der Waals surface area (Å²) < 4.78 is 42.5. The molecule has 0 bridgehead atoms. The fourth-order valence-corrected chi connectivity index (χ4v) is 6.01. The van der Waals surface area contributed by atoms with Crippen LogP contribution in [-0.2, 0) is 23.2 Å². The van der Waals surface area contributed by atoms with Crippen LogP contribution < -0.4 is 10.9 Å². The Hall–Kier alpha value is -1.84. The van der Waals surface area contributed by atoms with Gasteiger partial charge >= 0.3 is 0 Å². The lowest BCUT2D eigenvalue weighted by Gasteiger charge is -2.31. The van der Waals surface area contributed by atoms with E-state index in [2.05, 4.69) is 16.9 Å². The third-order valence-electron chi connectivity index (χ3n) is 6.57. The maximum atomic E-state index is 13.4. The van der Waals surface area contributed by atoms with Gasteiger partial charge in [0.15, 0.2) is 0 Å². The molecule has 8 heteroatoms. The zero-order valence-electron chi connectivity index (χ0n) is 18.6. The second-order valence-corrected chi connectivity index (χ2v) is 10.9. The van der Waals surface area contributed by atoms with Crippen LogP contribution in [0.25, 0.3) is 0 Å². The number of nitrogens with zero attached hydrogens (tertiary/aromatic N) is 2. The number of benzene rings is 2. The van der Waals surface area contributed by atoms with Crippen LogP contribution in [0.4, 0.5) is 4.39 Å². The molecule has 1 saturated heterocycles. The molecule has 1 fully saturated rings. The van der Waals surface area contributed by atoms with Gasteiger partial charge in [-0.05, 0) is 54.5 Å². The summed E-state index contributed by atoms with van der Waals surface area (Å²) in [5.41, 5.74) is 9.89. The third-order valence-corrected chi connectivity index (χ3v) is 8.51. The minimum absolute atomic E-state index is 0.127. The van der Waals surface area contributed by atoms with Crippen LogP contribution in [0.1, 0.15) is 54.8 Å². The minimum atomic E-state index is -3.44. The molecule has 2 atom stereocenters. The van der Waals surface area contributed by atoms with Gasteiger partial charge in [0.2, 0.25) is 0 Å². The van der Waals surface area contributed by atoms with Crippen molar-refractivity contribution in [2.75, 3.05) is 20.1 Å². The highest BCUT2D eigenvalue weighted by Gasteiger charge is 2.30. The molecule has 0 spiro atoms. The molecular weight excluding hydrogens is 427 g/mol. The Kier molecular flexibility index (Phi) is 7.58. The minimum Gasteiger partial charge on any atom is -0.254 e. The summed E-state index contributed by atoms with van der Waals surface area (Å²) >= 11 is 0. The monoisotopic (exact) mass is 460 g/mol. The number of rotatable bonds is 9. The van der Waals surface area contributed by atoms with Crippen molar-refractivity contribution < 1.29 is 12.8 Å². The fourth-order valence-electron chi connectivity index (χ4n) is 4.63. The van der Waals surface area contributed by atoms with Crippen molar-refractivity contribution in [3.8, 4) is 0 Å². The van der Waals surface area contributed by atoms with Gasteiger partial charge in [-0.25, -0.2) is 4.39 Å². The quantitative estimate of drug-likeness (QED) is 0.562. The Morgan fingerprint density at radius 2 is 1.88 bits per heavy atom. The first kappa shape index (κ1) is 23.3. The number of halogens is 1. The van der Waals surface area contributed by atoms with Crippen molar-refractivity contribution in [1.82, 2.24) is 19.5 Å². The molecular formula is C24H33FN4O2S. The van der Waals surface area contributed by atoms with E-state index >= 15 is 0 Å². The second-order valence-electron chi connectivity index (χ2n) is 8.86. The molecule has 0 aliphatic carbocycles. The Morgan fingerprint density at radius 3 is 2.69 bits per heavy atom. The maximum Gasteiger partial charge on any atom is 0.282 e. The van der Waals surface area contributed by atoms with Crippen molar-refractivity contribution in [3.05, 3.63) is 71.0 Å². The van der Waals surface area contributed by atoms with Crippen LogP contribution >= 0.6 is 0 Å². The van der Waals surface area contributed by atoms with E-state index in [9.17, 15) is 12.8 Å². The van der Waals surface area contributed by atoms with Crippen LogP contribution in [0.15, 0.2) is 48.5 Å². The van der Waals surface area contributed by atoms with Crippen LogP contribution in [-0.4, -0.2) is 43.2 Å². The summed E-state index contributed by atoms with van der Waals surface area (Å²) in [6, 6.07) is 15.3. The van der Waals surface area contributed by atoms with Gasteiger partial charge in [-0.1, -0.05) is 49.2 Å². The van der Waals surface area contributed by atoms with Crippen molar-refractivity contribution in [3.63, 3.8) is 0 Å². The van der Waals surface area contributed by atoms with E-state index in [1.807, 2.05) is 24.3 Å². The van der Waals surface area contributed by atoms with Gasteiger partial charge in [-0.2, -0.15) is 17.0 Å². The Morgan fingerprint density at radius 1 is 1.06 bits per heavy atom. The first-order valence-corrected chi connectivity index (χ1v) is 12.9. The number of hydrogen-bond donors (Lipinski definition) is 2. The topological polar surface area (TPSA) is 64.7 Å². The molecule has 4 rings (SSSR count). The standard InChI is InChI=1S/C24H33FN4O2S/c1-28(32(30,31)29-15-13-19-8-4-5-9-21(19)18-29)14-6-2-3-12-23-17-24(27-26-23)20-10-7-11-22(25)16-20/h4-5,7-11,16,23-24,26-27H,2-3,6,12-15,17-18H2,1H3. The van der Waals surface area contributed by atoms with Crippen LogP contribution in [0.2, 0.25) is 0 Å². The van der Waals surface area contributed by atoms with E-state index in [1.165, 1.54) is 15.9 Å². The highest BCUT2D eigenvalue weighted by atomic mass is 32.2. The highest BCUT2D eigenvalue weighted by Crippen LogP contribution is 2.25. The van der Waals surface area contributed by atoms with E-state index in [-0.39, 0.29) is 11.9 Å². The molecule has 174 valence electrons. The van der Waals surface area contributed by atoms with E-state index in [0.717, 1.165) is 49.7 Å². The normalized spacial score (nSPS) is 21.7. The van der Waals surface area contributed by atoms with Gasteiger partial charge in [0.25, 0.3) is 10.2 Å². The summed E-state index contributed by atoms with van der Waals surface area (Å²) in [4.78, 5) is 0. The Labute approximate surface area is 191 Å². The van der Waals surface area contributed by atoms with Gasteiger partial charge in [0, 0.05) is 38.8 Å². The third kappa shape index (κ3) is 5.55. The molecule has 0 radical (unpaired) electrons. The lowest BCUT2D eigenvalue weighted by atomic mass is 9.99.